The van der Waals surface area contributed by atoms with Crippen LogP contribution in [0.3, 0.4) is 0 Å². The second-order valence-electron chi connectivity index (χ2n) is 5.35. The van der Waals surface area contributed by atoms with Crippen LogP contribution in [0.25, 0.3) is 0 Å². The van der Waals surface area contributed by atoms with Crippen molar-refractivity contribution in [3.05, 3.63) is 53.1 Å². The van der Waals surface area contributed by atoms with Crippen molar-refractivity contribution in [2.24, 2.45) is 4.99 Å². The molecule has 2 aromatic carbocycles. The fraction of sp³-hybridized carbons (Fsp3) is 0.278. The van der Waals surface area contributed by atoms with Crippen LogP contribution in [0.15, 0.2) is 47.5 Å². The molecular weight excluding hydrogens is 469 g/mol. The third kappa shape index (κ3) is 5.84. The number of guanidine groups is 1. The van der Waals surface area contributed by atoms with Gasteiger partial charge in [0.25, 0.3) is 0 Å². The molecule has 0 unspecified atom stereocenters. The molecule has 1 heterocycles. The monoisotopic (exact) mass is 489 g/mol. The van der Waals surface area contributed by atoms with E-state index in [4.69, 9.17) is 25.8 Å². The molecule has 140 valence electrons. The van der Waals surface area contributed by atoms with E-state index in [1.165, 1.54) is 0 Å². The molecule has 0 aliphatic carbocycles. The van der Waals surface area contributed by atoms with Crippen molar-refractivity contribution in [2.45, 2.75) is 6.54 Å². The van der Waals surface area contributed by atoms with E-state index in [0.717, 1.165) is 22.8 Å². The van der Waals surface area contributed by atoms with Gasteiger partial charge in [-0.1, -0.05) is 23.7 Å². The average Bonchev–Trinajstić information content (AvgIpc) is 3.09. The number of aliphatic imine (C=N–C) groups is 1. The Labute approximate surface area is 174 Å². The highest BCUT2D eigenvalue weighted by atomic mass is 127. The Morgan fingerprint density at radius 3 is 2.81 bits per heavy atom. The summed E-state index contributed by atoms with van der Waals surface area (Å²) >= 11 is 5.92. The molecule has 2 aromatic rings. The maximum atomic E-state index is 5.92. The molecule has 8 heteroatoms. The highest BCUT2D eigenvalue weighted by Gasteiger charge is 2.13. The summed E-state index contributed by atoms with van der Waals surface area (Å²) in [5.41, 5.74) is 1.09. The van der Waals surface area contributed by atoms with E-state index in [-0.39, 0.29) is 30.8 Å². The SMILES string of the molecule is CN=C(NCCOc1cccc(Cl)c1)NCc1ccc2c(c1)OCO2.I. The molecule has 0 amide bonds. The van der Waals surface area contributed by atoms with Crippen molar-refractivity contribution < 1.29 is 14.2 Å². The van der Waals surface area contributed by atoms with E-state index in [1.54, 1.807) is 13.1 Å². The van der Waals surface area contributed by atoms with E-state index in [0.29, 0.717) is 30.7 Å². The predicted molar refractivity (Wildman–Crippen MR) is 113 cm³/mol. The lowest BCUT2D eigenvalue weighted by Gasteiger charge is -2.13. The Morgan fingerprint density at radius 2 is 2.00 bits per heavy atom. The van der Waals surface area contributed by atoms with Gasteiger partial charge in [-0.05, 0) is 35.9 Å². The van der Waals surface area contributed by atoms with Crippen LogP contribution in [-0.4, -0.2) is 33.0 Å². The summed E-state index contributed by atoms with van der Waals surface area (Å²) in [5, 5.41) is 7.11. The van der Waals surface area contributed by atoms with Gasteiger partial charge >= 0.3 is 0 Å². The third-order valence-corrected chi connectivity index (χ3v) is 3.81. The molecule has 0 spiro atoms. The quantitative estimate of drug-likeness (QED) is 0.282. The normalized spacial score (nSPS) is 12.3. The topological polar surface area (TPSA) is 64.1 Å². The first-order valence-corrected chi connectivity index (χ1v) is 8.34. The Hall–Kier alpha value is -1.87. The molecule has 3 rings (SSSR count). The molecule has 1 aliphatic heterocycles. The van der Waals surface area contributed by atoms with E-state index < -0.39 is 0 Å². The van der Waals surface area contributed by atoms with Crippen LogP contribution in [0.1, 0.15) is 5.56 Å². The standard InChI is InChI=1S/C18H20ClN3O3.HI/c1-20-18(21-7-8-23-15-4-2-3-14(19)10-15)22-11-13-5-6-16-17(9-13)25-12-24-16;/h2-6,9-10H,7-8,11-12H2,1H3,(H2,20,21,22);1H. The van der Waals surface area contributed by atoms with Crippen LogP contribution in [0.2, 0.25) is 5.02 Å². The van der Waals surface area contributed by atoms with Crippen LogP contribution < -0.4 is 24.8 Å². The van der Waals surface area contributed by atoms with Crippen LogP contribution in [0.4, 0.5) is 0 Å². The number of ether oxygens (including phenoxy) is 3. The van der Waals surface area contributed by atoms with Crippen molar-refractivity contribution in [3.8, 4) is 17.2 Å². The number of hydrogen-bond acceptors (Lipinski definition) is 4. The van der Waals surface area contributed by atoms with Gasteiger partial charge in [-0.3, -0.25) is 4.99 Å². The highest BCUT2D eigenvalue weighted by Crippen LogP contribution is 2.32. The van der Waals surface area contributed by atoms with E-state index in [9.17, 15) is 0 Å². The van der Waals surface area contributed by atoms with Crippen LogP contribution in [0.5, 0.6) is 17.2 Å². The van der Waals surface area contributed by atoms with Crippen LogP contribution in [0, 0.1) is 0 Å². The molecule has 0 aromatic heterocycles. The van der Waals surface area contributed by atoms with Gasteiger partial charge in [0.15, 0.2) is 17.5 Å². The van der Waals surface area contributed by atoms with Crippen molar-refractivity contribution in [1.82, 2.24) is 10.6 Å². The minimum absolute atomic E-state index is 0. The van der Waals surface area contributed by atoms with E-state index in [1.807, 2.05) is 36.4 Å². The lowest BCUT2D eigenvalue weighted by atomic mass is 10.2. The zero-order valence-electron chi connectivity index (χ0n) is 14.3. The number of rotatable bonds is 6. The molecular formula is C18H21ClIN3O3. The largest absolute Gasteiger partial charge is 0.492 e. The molecule has 26 heavy (non-hydrogen) atoms. The predicted octanol–water partition coefficient (Wildman–Crippen LogP) is 3.43. The molecule has 2 N–H and O–H groups in total. The third-order valence-electron chi connectivity index (χ3n) is 3.58. The molecule has 0 radical (unpaired) electrons. The fourth-order valence-corrected chi connectivity index (χ4v) is 2.53. The van der Waals surface area contributed by atoms with E-state index in [2.05, 4.69) is 15.6 Å². The maximum absolute atomic E-state index is 5.92. The minimum atomic E-state index is 0. The minimum Gasteiger partial charge on any atom is -0.492 e. The number of hydrogen-bond donors (Lipinski definition) is 2. The molecule has 1 aliphatic rings. The lowest BCUT2D eigenvalue weighted by Crippen LogP contribution is -2.38. The second kappa shape index (κ2) is 10.3. The number of nitrogens with zero attached hydrogens (tertiary/aromatic N) is 1. The van der Waals surface area contributed by atoms with Gasteiger partial charge in [0.1, 0.15) is 12.4 Å². The zero-order valence-corrected chi connectivity index (χ0v) is 17.4. The van der Waals surface area contributed by atoms with Crippen molar-refractivity contribution in [1.29, 1.82) is 0 Å². The number of fused-ring (bicyclic) bond motifs is 1. The Balaban J connectivity index is 0.00000243. The number of halogens is 2. The Bertz CT molecular complexity index is 758. The first-order chi connectivity index (χ1) is 12.2. The zero-order chi connectivity index (χ0) is 17.5. The van der Waals surface area contributed by atoms with Gasteiger partial charge in [0.2, 0.25) is 6.79 Å². The fourth-order valence-electron chi connectivity index (χ4n) is 2.35. The van der Waals surface area contributed by atoms with E-state index >= 15 is 0 Å². The first-order valence-electron chi connectivity index (χ1n) is 7.96. The molecule has 0 atom stereocenters. The number of nitrogens with one attached hydrogen (secondary N) is 2. The van der Waals surface area contributed by atoms with Gasteiger partial charge in [0, 0.05) is 18.6 Å². The van der Waals surface area contributed by atoms with Gasteiger partial charge < -0.3 is 24.8 Å². The summed E-state index contributed by atoms with van der Waals surface area (Å²) in [6.07, 6.45) is 0. The number of benzene rings is 2. The Morgan fingerprint density at radius 1 is 1.15 bits per heavy atom. The van der Waals surface area contributed by atoms with Gasteiger partial charge in [-0.25, -0.2) is 0 Å². The lowest BCUT2D eigenvalue weighted by molar-refractivity contribution is 0.174. The summed E-state index contributed by atoms with van der Waals surface area (Å²) in [4.78, 5) is 4.20. The molecule has 0 fully saturated rings. The highest BCUT2D eigenvalue weighted by molar-refractivity contribution is 14.0. The van der Waals surface area contributed by atoms with Crippen molar-refractivity contribution >= 4 is 41.5 Å². The van der Waals surface area contributed by atoms with Crippen molar-refractivity contribution in [3.63, 3.8) is 0 Å². The summed E-state index contributed by atoms with van der Waals surface area (Å²) in [5.74, 6) is 3.01. The van der Waals surface area contributed by atoms with Crippen LogP contribution in [-0.2, 0) is 6.54 Å². The summed E-state index contributed by atoms with van der Waals surface area (Å²) in [6.45, 7) is 2.03. The smallest absolute Gasteiger partial charge is 0.231 e. The average molecular weight is 490 g/mol. The van der Waals surface area contributed by atoms with Gasteiger partial charge in [-0.15, -0.1) is 24.0 Å². The maximum Gasteiger partial charge on any atom is 0.231 e. The van der Waals surface area contributed by atoms with Crippen LogP contribution >= 0.6 is 35.6 Å². The molecule has 6 nitrogen and oxygen atoms in total. The van der Waals surface area contributed by atoms with Gasteiger partial charge in [0.05, 0.1) is 6.54 Å². The summed E-state index contributed by atoms with van der Waals surface area (Å²) in [7, 11) is 1.73. The van der Waals surface area contributed by atoms with Gasteiger partial charge in [-0.2, -0.15) is 0 Å². The molecule has 0 bridgehead atoms. The summed E-state index contributed by atoms with van der Waals surface area (Å²) in [6, 6.07) is 13.2. The molecule has 0 saturated heterocycles. The molecule has 0 saturated carbocycles. The first kappa shape index (κ1) is 20.4. The second-order valence-corrected chi connectivity index (χ2v) is 5.78. The van der Waals surface area contributed by atoms with Crippen molar-refractivity contribution in [2.75, 3.05) is 27.0 Å². The summed E-state index contributed by atoms with van der Waals surface area (Å²) < 4.78 is 16.3. The Kier molecular flexibility index (Phi) is 8.11.